The minimum Gasteiger partial charge on any atom is -0.488 e. The Morgan fingerprint density at radius 3 is 2.43 bits per heavy atom. The monoisotopic (exact) mass is 257 g/mol. The second kappa shape index (κ2) is 4.32. The summed E-state index contributed by atoms with van der Waals surface area (Å²) >= 11 is 3.43. The standard InChI is InChI=1S/C11H16BrNO/c1-11(2,3)14-10-5-8(7-13)4-9(12)6-10/h4-6H,7,13H2,1-3H3. The molecule has 0 aliphatic carbocycles. The minimum atomic E-state index is -0.174. The molecule has 0 radical (unpaired) electrons. The fourth-order valence-corrected chi connectivity index (χ4v) is 1.67. The van der Waals surface area contributed by atoms with E-state index < -0.39 is 0 Å². The molecular weight excluding hydrogens is 242 g/mol. The molecule has 0 aromatic heterocycles. The van der Waals surface area contributed by atoms with Crippen LogP contribution in [0.1, 0.15) is 26.3 Å². The number of halogens is 1. The normalized spacial score (nSPS) is 11.5. The van der Waals surface area contributed by atoms with Gasteiger partial charge in [0.15, 0.2) is 0 Å². The molecular formula is C11H16BrNO. The molecule has 0 aliphatic heterocycles. The highest BCUT2D eigenvalue weighted by Crippen LogP contribution is 2.24. The van der Waals surface area contributed by atoms with Gasteiger partial charge in [-0.2, -0.15) is 0 Å². The maximum atomic E-state index is 5.74. The van der Waals surface area contributed by atoms with Crippen LogP contribution in [0.3, 0.4) is 0 Å². The van der Waals surface area contributed by atoms with Crippen molar-refractivity contribution < 1.29 is 4.74 Å². The number of nitrogens with two attached hydrogens (primary N) is 1. The van der Waals surface area contributed by atoms with Crippen molar-refractivity contribution in [1.29, 1.82) is 0 Å². The summed E-state index contributed by atoms with van der Waals surface area (Å²) in [5, 5.41) is 0. The number of ether oxygens (including phenoxy) is 1. The quantitative estimate of drug-likeness (QED) is 0.884. The van der Waals surface area contributed by atoms with E-state index in [4.69, 9.17) is 10.5 Å². The van der Waals surface area contributed by atoms with Crippen LogP contribution in [0, 0.1) is 0 Å². The molecule has 3 heteroatoms. The first-order chi connectivity index (χ1) is 6.40. The zero-order valence-corrected chi connectivity index (χ0v) is 10.4. The van der Waals surface area contributed by atoms with Crippen LogP contribution in [-0.2, 0) is 6.54 Å². The summed E-state index contributed by atoms with van der Waals surface area (Å²) in [6, 6.07) is 5.91. The highest BCUT2D eigenvalue weighted by molar-refractivity contribution is 9.10. The zero-order valence-electron chi connectivity index (χ0n) is 8.80. The molecule has 0 unspecified atom stereocenters. The second-order valence-corrected chi connectivity index (χ2v) is 5.13. The van der Waals surface area contributed by atoms with Gasteiger partial charge in [-0.25, -0.2) is 0 Å². The smallest absolute Gasteiger partial charge is 0.121 e. The fraction of sp³-hybridized carbons (Fsp3) is 0.455. The molecule has 1 rings (SSSR count). The Labute approximate surface area is 93.6 Å². The highest BCUT2D eigenvalue weighted by Gasteiger charge is 2.12. The zero-order chi connectivity index (χ0) is 10.8. The average Bonchev–Trinajstić information content (AvgIpc) is 1.99. The molecule has 0 amide bonds. The number of hydrogen-bond donors (Lipinski definition) is 1. The van der Waals surface area contributed by atoms with Crippen molar-refractivity contribution >= 4 is 15.9 Å². The van der Waals surface area contributed by atoms with Gasteiger partial charge in [-0.05, 0) is 44.5 Å². The van der Waals surface area contributed by atoms with Gasteiger partial charge in [0, 0.05) is 11.0 Å². The van der Waals surface area contributed by atoms with Crippen molar-refractivity contribution in [3.05, 3.63) is 28.2 Å². The van der Waals surface area contributed by atoms with Gasteiger partial charge in [0.05, 0.1) is 0 Å². The summed E-state index contributed by atoms with van der Waals surface area (Å²) in [5.74, 6) is 0.854. The summed E-state index contributed by atoms with van der Waals surface area (Å²) < 4.78 is 6.74. The molecule has 0 spiro atoms. The summed E-state index contributed by atoms with van der Waals surface area (Å²) in [6.07, 6.45) is 0. The number of hydrogen-bond acceptors (Lipinski definition) is 2. The van der Waals surface area contributed by atoms with Gasteiger partial charge < -0.3 is 10.5 Å². The molecule has 0 bridgehead atoms. The van der Waals surface area contributed by atoms with Gasteiger partial charge in [0.2, 0.25) is 0 Å². The summed E-state index contributed by atoms with van der Waals surface area (Å²) in [7, 11) is 0. The molecule has 1 aromatic rings. The predicted molar refractivity (Wildman–Crippen MR) is 62.4 cm³/mol. The Morgan fingerprint density at radius 1 is 1.29 bits per heavy atom. The van der Waals surface area contributed by atoms with Crippen LogP contribution < -0.4 is 10.5 Å². The van der Waals surface area contributed by atoms with Gasteiger partial charge in [-0.15, -0.1) is 0 Å². The minimum absolute atomic E-state index is 0.174. The van der Waals surface area contributed by atoms with E-state index in [0.29, 0.717) is 6.54 Å². The van der Waals surface area contributed by atoms with Gasteiger partial charge >= 0.3 is 0 Å². The largest absolute Gasteiger partial charge is 0.488 e. The van der Waals surface area contributed by atoms with E-state index >= 15 is 0 Å². The summed E-state index contributed by atoms with van der Waals surface area (Å²) in [6.45, 7) is 6.60. The van der Waals surface area contributed by atoms with Crippen LogP contribution in [-0.4, -0.2) is 5.60 Å². The van der Waals surface area contributed by atoms with Crippen molar-refractivity contribution in [2.45, 2.75) is 32.9 Å². The Kier molecular flexibility index (Phi) is 3.56. The molecule has 78 valence electrons. The van der Waals surface area contributed by atoms with Crippen molar-refractivity contribution in [3.63, 3.8) is 0 Å². The van der Waals surface area contributed by atoms with E-state index in [1.165, 1.54) is 0 Å². The molecule has 2 N–H and O–H groups in total. The summed E-state index contributed by atoms with van der Waals surface area (Å²) in [5.41, 5.74) is 6.47. The Balaban J connectivity index is 2.92. The molecule has 1 aromatic carbocycles. The van der Waals surface area contributed by atoms with E-state index in [-0.39, 0.29) is 5.60 Å². The molecule has 0 atom stereocenters. The molecule has 14 heavy (non-hydrogen) atoms. The van der Waals surface area contributed by atoms with Crippen molar-refractivity contribution in [2.24, 2.45) is 5.73 Å². The molecule has 0 fully saturated rings. The van der Waals surface area contributed by atoms with E-state index in [0.717, 1.165) is 15.8 Å². The third-order valence-corrected chi connectivity index (χ3v) is 2.05. The predicted octanol–water partition coefficient (Wildman–Crippen LogP) is 3.09. The van der Waals surface area contributed by atoms with E-state index in [1.54, 1.807) is 0 Å². The maximum Gasteiger partial charge on any atom is 0.121 e. The molecule has 0 saturated carbocycles. The molecule has 0 aliphatic rings. The van der Waals surface area contributed by atoms with E-state index in [9.17, 15) is 0 Å². The van der Waals surface area contributed by atoms with Crippen LogP contribution in [0.5, 0.6) is 5.75 Å². The molecule has 2 nitrogen and oxygen atoms in total. The lowest BCUT2D eigenvalue weighted by molar-refractivity contribution is 0.130. The van der Waals surface area contributed by atoms with E-state index in [1.807, 2.05) is 39.0 Å². The van der Waals surface area contributed by atoms with Crippen molar-refractivity contribution in [2.75, 3.05) is 0 Å². The SMILES string of the molecule is CC(C)(C)Oc1cc(Br)cc(CN)c1. The number of rotatable bonds is 2. The topological polar surface area (TPSA) is 35.2 Å². The van der Waals surface area contributed by atoms with Crippen LogP contribution in [0.25, 0.3) is 0 Å². The lowest BCUT2D eigenvalue weighted by Gasteiger charge is -2.21. The third kappa shape index (κ3) is 3.68. The highest BCUT2D eigenvalue weighted by atomic mass is 79.9. The van der Waals surface area contributed by atoms with Crippen LogP contribution >= 0.6 is 15.9 Å². The Bertz CT molecular complexity index is 318. The Hall–Kier alpha value is -0.540. The molecule has 0 saturated heterocycles. The summed E-state index contributed by atoms with van der Waals surface area (Å²) in [4.78, 5) is 0. The van der Waals surface area contributed by atoms with Crippen molar-refractivity contribution in [1.82, 2.24) is 0 Å². The van der Waals surface area contributed by atoms with Crippen LogP contribution in [0.15, 0.2) is 22.7 Å². The maximum absolute atomic E-state index is 5.74. The van der Waals surface area contributed by atoms with Crippen LogP contribution in [0.4, 0.5) is 0 Å². The van der Waals surface area contributed by atoms with Crippen molar-refractivity contribution in [3.8, 4) is 5.75 Å². The first kappa shape index (κ1) is 11.5. The average molecular weight is 258 g/mol. The van der Waals surface area contributed by atoms with E-state index in [2.05, 4.69) is 15.9 Å². The lowest BCUT2D eigenvalue weighted by Crippen LogP contribution is -2.23. The second-order valence-electron chi connectivity index (χ2n) is 4.21. The third-order valence-electron chi connectivity index (χ3n) is 1.59. The van der Waals surface area contributed by atoms with Gasteiger partial charge in [-0.1, -0.05) is 15.9 Å². The Morgan fingerprint density at radius 2 is 1.93 bits per heavy atom. The van der Waals surface area contributed by atoms with Gasteiger partial charge in [0.25, 0.3) is 0 Å². The molecule has 0 heterocycles. The number of benzene rings is 1. The first-order valence-corrected chi connectivity index (χ1v) is 5.38. The van der Waals surface area contributed by atoms with Crippen LogP contribution in [0.2, 0.25) is 0 Å². The fourth-order valence-electron chi connectivity index (χ4n) is 1.15. The first-order valence-electron chi connectivity index (χ1n) is 4.59. The van der Waals surface area contributed by atoms with Gasteiger partial charge in [-0.3, -0.25) is 0 Å². The lowest BCUT2D eigenvalue weighted by atomic mass is 10.1. The van der Waals surface area contributed by atoms with Gasteiger partial charge in [0.1, 0.15) is 11.4 Å².